The Kier molecular flexibility index (Phi) is 1.75. The Hall–Kier alpha value is -0.700. The molecule has 2 nitrogen and oxygen atoms in total. The Morgan fingerprint density at radius 1 is 1.75 bits per heavy atom. The molecule has 0 N–H and O–H groups in total. The van der Waals surface area contributed by atoms with Crippen molar-refractivity contribution in [1.82, 2.24) is 0 Å². The van der Waals surface area contributed by atoms with Crippen LogP contribution in [-0.2, 0) is 19.0 Å². The maximum atomic E-state index is 4.76. The van der Waals surface area contributed by atoms with Gasteiger partial charge in [-0.3, -0.25) is 0 Å². The fourth-order valence-corrected chi connectivity index (χ4v) is 0.606. The number of hydrogen-bond acceptors (Lipinski definition) is 3. The molecule has 0 unspecified atom stereocenters. The molecule has 0 aromatic carbocycles. The van der Waals surface area contributed by atoms with E-state index in [0.29, 0.717) is 6.54 Å². The molecule has 0 radical (unpaired) electrons. The van der Waals surface area contributed by atoms with Gasteiger partial charge in [-0.05, 0) is 6.07 Å². The number of rotatable bonds is 2. The van der Waals surface area contributed by atoms with Gasteiger partial charge < -0.3 is 4.42 Å². The van der Waals surface area contributed by atoms with Crippen LogP contribution in [0.15, 0.2) is 27.4 Å². The van der Waals surface area contributed by atoms with Gasteiger partial charge in [-0.15, -0.1) is 0 Å². The zero-order valence-corrected chi connectivity index (χ0v) is 5.02. The standard InChI is InChI=1S/C5H5NOS/c8-6-3-5-1-2-7-4-5/h1-2,4H,3H2. The lowest BCUT2D eigenvalue weighted by molar-refractivity contribution is 0.564. The van der Waals surface area contributed by atoms with Crippen LogP contribution in [0.25, 0.3) is 0 Å². The highest BCUT2D eigenvalue weighted by Gasteiger charge is 1.87. The molecular formula is C5H5NOS. The SMILES string of the molecule is S=NCc1ccoc1. The van der Waals surface area contributed by atoms with Crippen LogP contribution in [0.3, 0.4) is 0 Å². The second kappa shape index (κ2) is 2.57. The molecule has 0 aliphatic heterocycles. The number of hydrogen-bond donors (Lipinski definition) is 0. The highest BCUT2D eigenvalue weighted by Crippen LogP contribution is 1.99. The van der Waals surface area contributed by atoms with Crippen LogP contribution < -0.4 is 0 Å². The molecule has 0 fully saturated rings. The Morgan fingerprint density at radius 3 is 3.12 bits per heavy atom. The van der Waals surface area contributed by atoms with Crippen LogP contribution in [0, 0.1) is 0 Å². The molecule has 0 aliphatic rings. The fraction of sp³-hybridized carbons (Fsp3) is 0.200. The molecule has 1 aromatic heterocycles. The molecule has 1 rings (SSSR count). The maximum absolute atomic E-state index is 4.76. The molecule has 8 heavy (non-hydrogen) atoms. The van der Waals surface area contributed by atoms with Crippen LogP contribution in [-0.4, -0.2) is 0 Å². The molecule has 0 amide bonds. The summed E-state index contributed by atoms with van der Waals surface area (Å²) < 4.78 is 8.26. The Balaban J connectivity index is 2.62. The second-order valence-corrected chi connectivity index (χ2v) is 1.68. The molecule has 0 aliphatic carbocycles. The average molecular weight is 127 g/mol. The van der Waals surface area contributed by atoms with Crippen LogP contribution in [0.5, 0.6) is 0 Å². The minimum Gasteiger partial charge on any atom is -0.472 e. The lowest BCUT2D eigenvalue weighted by Crippen LogP contribution is -1.69. The van der Waals surface area contributed by atoms with E-state index in [0.717, 1.165) is 5.56 Å². The van der Waals surface area contributed by atoms with E-state index in [2.05, 4.69) is 16.8 Å². The van der Waals surface area contributed by atoms with Crippen molar-refractivity contribution in [3.8, 4) is 0 Å². The molecule has 0 atom stereocenters. The first kappa shape index (κ1) is 5.44. The van der Waals surface area contributed by atoms with Gasteiger partial charge >= 0.3 is 0 Å². The van der Waals surface area contributed by atoms with Gasteiger partial charge in [0.15, 0.2) is 0 Å². The second-order valence-electron chi connectivity index (χ2n) is 1.42. The van der Waals surface area contributed by atoms with Gasteiger partial charge in [0.2, 0.25) is 0 Å². The molecule has 3 heteroatoms. The van der Waals surface area contributed by atoms with Gasteiger partial charge in [0.05, 0.1) is 19.1 Å². The van der Waals surface area contributed by atoms with Crippen molar-refractivity contribution in [2.24, 2.45) is 4.36 Å². The third kappa shape index (κ3) is 1.13. The van der Waals surface area contributed by atoms with Gasteiger partial charge in [-0.25, -0.2) is 4.36 Å². The fourth-order valence-electron chi connectivity index (χ4n) is 0.457. The molecule has 0 spiro atoms. The smallest absolute Gasteiger partial charge is 0.0953 e. The molecular weight excluding hydrogens is 122 g/mol. The molecule has 1 aromatic rings. The summed E-state index contributed by atoms with van der Waals surface area (Å²) in [5, 5.41) is 0. The molecule has 0 saturated heterocycles. The Morgan fingerprint density at radius 2 is 2.62 bits per heavy atom. The summed E-state index contributed by atoms with van der Waals surface area (Å²) in [6.07, 6.45) is 3.24. The van der Waals surface area contributed by atoms with Gasteiger partial charge in [0, 0.05) is 18.0 Å². The maximum Gasteiger partial charge on any atom is 0.0953 e. The van der Waals surface area contributed by atoms with Crippen LogP contribution >= 0.6 is 0 Å². The van der Waals surface area contributed by atoms with Gasteiger partial charge in [0.25, 0.3) is 0 Å². The molecule has 1 heterocycles. The summed E-state index contributed by atoms with van der Waals surface area (Å²) in [5.74, 6) is 0. The van der Waals surface area contributed by atoms with Gasteiger partial charge in [-0.2, -0.15) is 0 Å². The van der Waals surface area contributed by atoms with Gasteiger partial charge in [0.1, 0.15) is 0 Å². The largest absolute Gasteiger partial charge is 0.472 e. The average Bonchev–Trinajstić information content (AvgIpc) is 2.19. The highest BCUT2D eigenvalue weighted by atomic mass is 32.1. The minimum absolute atomic E-state index is 0.575. The lowest BCUT2D eigenvalue weighted by atomic mass is 10.4. The first-order valence-electron chi connectivity index (χ1n) is 2.23. The van der Waals surface area contributed by atoms with E-state index in [1.54, 1.807) is 12.5 Å². The van der Waals surface area contributed by atoms with Crippen molar-refractivity contribution in [2.75, 3.05) is 0 Å². The first-order chi connectivity index (χ1) is 3.93. The summed E-state index contributed by atoms with van der Waals surface area (Å²) in [5.41, 5.74) is 1.03. The van der Waals surface area contributed by atoms with Gasteiger partial charge in [-0.1, -0.05) is 0 Å². The van der Waals surface area contributed by atoms with E-state index in [-0.39, 0.29) is 0 Å². The highest BCUT2D eigenvalue weighted by molar-refractivity contribution is 7.47. The van der Waals surface area contributed by atoms with Crippen LogP contribution in [0.1, 0.15) is 5.56 Å². The lowest BCUT2D eigenvalue weighted by Gasteiger charge is -1.78. The number of furan rings is 1. The Bertz CT molecular complexity index is 159. The molecule has 42 valence electrons. The summed E-state index contributed by atoms with van der Waals surface area (Å²) in [6.45, 7) is 0.575. The van der Waals surface area contributed by atoms with E-state index < -0.39 is 0 Å². The topological polar surface area (TPSA) is 25.5 Å². The monoisotopic (exact) mass is 127 g/mol. The molecule has 0 bridgehead atoms. The van der Waals surface area contributed by atoms with Crippen molar-refractivity contribution in [3.63, 3.8) is 0 Å². The summed E-state index contributed by atoms with van der Waals surface area (Å²) in [4.78, 5) is 0. The van der Waals surface area contributed by atoms with Crippen molar-refractivity contribution in [3.05, 3.63) is 24.2 Å². The summed E-state index contributed by atoms with van der Waals surface area (Å²) >= 11 is 4.38. The third-order valence-corrected chi connectivity index (χ3v) is 0.956. The van der Waals surface area contributed by atoms with Crippen LogP contribution in [0.4, 0.5) is 0 Å². The molecule has 0 saturated carbocycles. The predicted molar refractivity (Wildman–Crippen MR) is 32.2 cm³/mol. The van der Waals surface area contributed by atoms with E-state index in [1.165, 1.54) is 0 Å². The van der Waals surface area contributed by atoms with Crippen molar-refractivity contribution >= 4 is 12.4 Å². The predicted octanol–water partition coefficient (Wildman–Crippen LogP) is 1.51. The van der Waals surface area contributed by atoms with E-state index in [4.69, 9.17) is 4.42 Å². The Labute approximate surface area is 52.7 Å². The number of nitrogens with zero attached hydrogens (tertiary/aromatic N) is 1. The minimum atomic E-state index is 0.575. The van der Waals surface area contributed by atoms with Crippen molar-refractivity contribution in [2.45, 2.75) is 6.54 Å². The van der Waals surface area contributed by atoms with E-state index >= 15 is 0 Å². The normalized spacial score (nSPS) is 9.00. The van der Waals surface area contributed by atoms with E-state index in [1.807, 2.05) is 6.07 Å². The summed E-state index contributed by atoms with van der Waals surface area (Å²) in [7, 11) is 0. The van der Waals surface area contributed by atoms with Crippen LogP contribution in [0.2, 0.25) is 0 Å². The summed E-state index contributed by atoms with van der Waals surface area (Å²) in [6, 6.07) is 1.84. The van der Waals surface area contributed by atoms with Crippen molar-refractivity contribution in [1.29, 1.82) is 0 Å². The van der Waals surface area contributed by atoms with E-state index in [9.17, 15) is 0 Å². The zero-order valence-electron chi connectivity index (χ0n) is 4.20. The third-order valence-electron chi connectivity index (χ3n) is 0.827. The first-order valence-corrected chi connectivity index (χ1v) is 2.60. The van der Waals surface area contributed by atoms with Crippen molar-refractivity contribution < 1.29 is 4.42 Å². The quantitative estimate of drug-likeness (QED) is 0.601. The zero-order chi connectivity index (χ0) is 5.82.